The van der Waals surface area contributed by atoms with Gasteiger partial charge in [0.2, 0.25) is 0 Å². The normalized spacial score (nSPS) is 21.2. The number of amides is 1. The lowest BCUT2D eigenvalue weighted by Gasteiger charge is -2.41. The van der Waals surface area contributed by atoms with Crippen molar-refractivity contribution in [3.05, 3.63) is 113 Å². The molecule has 2 heterocycles. The first kappa shape index (κ1) is 26.1. The van der Waals surface area contributed by atoms with E-state index in [1.807, 2.05) is 66.7 Å². The zero-order valence-corrected chi connectivity index (χ0v) is 21.8. The van der Waals surface area contributed by atoms with Gasteiger partial charge in [-0.3, -0.25) is 9.89 Å². The number of nitrogens with one attached hydrogen (secondary N) is 2. The van der Waals surface area contributed by atoms with Gasteiger partial charge in [-0.25, -0.2) is 4.98 Å². The number of ether oxygens (including phenoxy) is 2. The number of aliphatic hydroxyl groups excluding tert-OH is 1. The van der Waals surface area contributed by atoms with Crippen LogP contribution in [0.4, 0.5) is 0 Å². The molecule has 4 aromatic rings. The van der Waals surface area contributed by atoms with Gasteiger partial charge in [0.15, 0.2) is 11.4 Å². The lowest BCUT2D eigenvalue weighted by molar-refractivity contribution is -0.268. The second-order valence-electron chi connectivity index (χ2n) is 9.21. The van der Waals surface area contributed by atoms with E-state index in [-0.39, 0.29) is 30.6 Å². The molecule has 4 atom stereocenters. The molecule has 1 fully saturated rings. The van der Waals surface area contributed by atoms with Crippen molar-refractivity contribution in [2.24, 2.45) is 5.92 Å². The third kappa shape index (κ3) is 6.31. The highest BCUT2D eigenvalue weighted by Crippen LogP contribution is 2.42. The van der Waals surface area contributed by atoms with Crippen molar-refractivity contribution in [3.8, 4) is 0 Å². The standard InChI is InChI=1S/C29H30N4O4S/c1-19-25(17-38-29-31-18-32-33-29)36-28(37-26(19)22-11-9-21(16-34)10-12-22)24-13-7-20(8-14-24)15-30-27(35)23-5-3-2-4-6-23/h2-14,18-19,25-26,28,34H,15-17H2,1H3,(H,30,35)(H,31,32,33). The van der Waals surface area contributed by atoms with E-state index in [2.05, 4.69) is 27.4 Å². The van der Waals surface area contributed by atoms with Crippen LogP contribution < -0.4 is 5.32 Å². The van der Waals surface area contributed by atoms with Crippen LogP contribution in [0, 0.1) is 5.92 Å². The Hall–Kier alpha value is -3.50. The first-order valence-electron chi connectivity index (χ1n) is 12.5. The number of carbonyl (C=O) groups excluding carboxylic acids is 1. The van der Waals surface area contributed by atoms with E-state index in [9.17, 15) is 9.90 Å². The van der Waals surface area contributed by atoms with E-state index in [1.165, 1.54) is 6.33 Å². The highest BCUT2D eigenvalue weighted by molar-refractivity contribution is 7.99. The summed E-state index contributed by atoms with van der Waals surface area (Å²) >= 11 is 1.56. The summed E-state index contributed by atoms with van der Waals surface area (Å²) < 4.78 is 13.0. The first-order chi connectivity index (χ1) is 18.6. The first-order valence-corrected chi connectivity index (χ1v) is 13.5. The summed E-state index contributed by atoms with van der Waals surface area (Å²) in [5.74, 6) is 0.657. The van der Waals surface area contributed by atoms with Gasteiger partial charge in [0.25, 0.3) is 5.91 Å². The molecule has 0 bridgehead atoms. The maximum Gasteiger partial charge on any atom is 0.251 e. The van der Waals surface area contributed by atoms with E-state index in [4.69, 9.17) is 9.47 Å². The average Bonchev–Trinajstić information content (AvgIpc) is 3.50. The number of thioether (sulfide) groups is 1. The fourth-order valence-corrected chi connectivity index (χ4v) is 5.34. The number of aromatic amines is 1. The minimum Gasteiger partial charge on any atom is -0.392 e. The van der Waals surface area contributed by atoms with Crippen molar-refractivity contribution in [3.63, 3.8) is 0 Å². The van der Waals surface area contributed by atoms with Gasteiger partial charge in [0, 0.05) is 29.3 Å². The Labute approximate surface area is 225 Å². The van der Waals surface area contributed by atoms with Gasteiger partial charge in [0.1, 0.15) is 6.33 Å². The van der Waals surface area contributed by atoms with E-state index < -0.39 is 6.29 Å². The number of benzene rings is 3. The molecule has 0 spiro atoms. The predicted molar refractivity (Wildman–Crippen MR) is 144 cm³/mol. The predicted octanol–water partition coefficient (Wildman–Crippen LogP) is 4.81. The molecule has 3 aromatic carbocycles. The van der Waals surface area contributed by atoms with Gasteiger partial charge in [-0.15, -0.1) is 0 Å². The van der Waals surface area contributed by atoms with Crippen molar-refractivity contribution in [1.29, 1.82) is 0 Å². The Morgan fingerprint density at radius 2 is 1.68 bits per heavy atom. The van der Waals surface area contributed by atoms with E-state index >= 15 is 0 Å². The summed E-state index contributed by atoms with van der Waals surface area (Å²) in [7, 11) is 0. The molecule has 1 aliphatic rings. The molecule has 3 N–H and O–H groups in total. The van der Waals surface area contributed by atoms with Gasteiger partial charge in [0.05, 0.1) is 18.8 Å². The fourth-order valence-electron chi connectivity index (χ4n) is 4.40. The molecule has 4 unspecified atom stereocenters. The monoisotopic (exact) mass is 530 g/mol. The largest absolute Gasteiger partial charge is 0.392 e. The second kappa shape index (κ2) is 12.4. The SMILES string of the molecule is CC1C(CSc2ncn[nH]2)OC(c2ccc(CNC(=O)c3ccccc3)cc2)OC1c1ccc(CO)cc1. The highest BCUT2D eigenvalue weighted by atomic mass is 32.2. The molecule has 0 aliphatic carbocycles. The van der Waals surface area contributed by atoms with Crippen LogP contribution in [0.25, 0.3) is 0 Å². The summed E-state index contributed by atoms with van der Waals surface area (Å²) in [4.78, 5) is 16.6. The number of nitrogens with zero attached hydrogens (tertiary/aromatic N) is 2. The van der Waals surface area contributed by atoms with Crippen molar-refractivity contribution in [2.75, 3.05) is 5.75 Å². The van der Waals surface area contributed by atoms with Crippen LogP contribution in [-0.2, 0) is 22.6 Å². The molecular weight excluding hydrogens is 500 g/mol. The molecule has 38 heavy (non-hydrogen) atoms. The Kier molecular flexibility index (Phi) is 8.50. The minimum atomic E-state index is -0.554. The van der Waals surface area contributed by atoms with Gasteiger partial charge in [-0.05, 0) is 28.8 Å². The number of carbonyl (C=O) groups is 1. The van der Waals surface area contributed by atoms with Gasteiger partial charge in [-0.1, -0.05) is 85.4 Å². The Bertz CT molecular complexity index is 1300. The molecular formula is C29H30N4O4S. The van der Waals surface area contributed by atoms with Crippen LogP contribution in [0.2, 0.25) is 0 Å². The molecule has 0 radical (unpaired) electrons. The van der Waals surface area contributed by atoms with Crippen LogP contribution in [-0.4, -0.2) is 38.1 Å². The number of hydrogen-bond acceptors (Lipinski definition) is 7. The quantitative estimate of drug-likeness (QED) is 0.267. The third-order valence-corrected chi connectivity index (χ3v) is 7.61. The number of aromatic nitrogens is 3. The molecule has 9 heteroatoms. The second-order valence-corrected chi connectivity index (χ2v) is 10.2. The summed E-state index contributed by atoms with van der Waals surface area (Å²) in [6.07, 6.45) is 0.652. The summed E-state index contributed by atoms with van der Waals surface area (Å²) in [6.45, 7) is 2.56. The van der Waals surface area contributed by atoms with E-state index in [1.54, 1.807) is 23.9 Å². The number of aliphatic hydroxyl groups is 1. The number of hydrogen-bond donors (Lipinski definition) is 3. The van der Waals surface area contributed by atoms with Crippen LogP contribution in [0.15, 0.2) is 90.3 Å². The Morgan fingerprint density at radius 1 is 0.974 bits per heavy atom. The maximum absolute atomic E-state index is 12.4. The zero-order chi connectivity index (χ0) is 26.3. The minimum absolute atomic E-state index is 0.00168. The van der Waals surface area contributed by atoms with Crippen molar-refractivity contribution < 1.29 is 19.4 Å². The Morgan fingerprint density at radius 3 is 2.37 bits per heavy atom. The molecule has 8 nitrogen and oxygen atoms in total. The fraction of sp³-hybridized carbons (Fsp3) is 0.276. The van der Waals surface area contributed by atoms with Crippen molar-refractivity contribution >= 4 is 17.7 Å². The molecule has 1 aromatic heterocycles. The third-order valence-electron chi connectivity index (χ3n) is 6.64. The summed E-state index contributed by atoms with van der Waals surface area (Å²) in [5.41, 5.74) is 4.42. The van der Waals surface area contributed by atoms with Crippen molar-refractivity contribution in [2.45, 2.75) is 43.7 Å². The molecule has 196 valence electrons. The van der Waals surface area contributed by atoms with Crippen LogP contribution in [0.3, 0.4) is 0 Å². The number of H-pyrrole nitrogens is 1. The molecule has 1 aliphatic heterocycles. The molecule has 1 saturated heterocycles. The average molecular weight is 531 g/mol. The van der Waals surface area contributed by atoms with Crippen molar-refractivity contribution in [1.82, 2.24) is 20.5 Å². The maximum atomic E-state index is 12.4. The van der Waals surface area contributed by atoms with Gasteiger partial charge >= 0.3 is 0 Å². The van der Waals surface area contributed by atoms with Crippen LogP contribution in [0.5, 0.6) is 0 Å². The highest BCUT2D eigenvalue weighted by Gasteiger charge is 2.38. The van der Waals surface area contributed by atoms with E-state index in [0.29, 0.717) is 17.9 Å². The molecule has 1 amide bonds. The molecule has 0 saturated carbocycles. The zero-order valence-electron chi connectivity index (χ0n) is 21.0. The van der Waals surface area contributed by atoms with Crippen LogP contribution >= 0.6 is 11.8 Å². The van der Waals surface area contributed by atoms with Crippen LogP contribution in [0.1, 0.15) is 51.9 Å². The summed E-state index contributed by atoms with van der Waals surface area (Å²) in [5, 5.41) is 20.0. The molecule has 5 rings (SSSR count). The van der Waals surface area contributed by atoms with Gasteiger partial charge in [-0.2, -0.15) is 5.10 Å². The van der Waals surface area contributed by atoms with Gasteiger partial charge < -0.3 is 19.9 Å². The lowest BCUT2D eigenvalue weighted by atomic mass is 9.91. The Balaban J connectivity index is 1.29. The topological polar surface area (TPSA) is 109 Å². The van der Waals surface area contributed by atoms with E-state index in [0.717, 1.165) is 27.4 Å². The summed E-state index contributed by atoms with van der Waals surface area (Å²) in [6, 6.07) is 25.0. The smallest absolute Gasteiger partial charge is 0.251 e. The number of rotatable bonds is 9. The lowest BCUT2D eigenvalue weighted by Crippen LogP contribution is -2.38.